The van der Waals surface area contributed by atoms with E-state index in [1.807, 2.05) is 0 Å². The number of carbonyl (C=O) groups excluding carboxylic acids is 1. The largest absolute Gasteiger partial charge is 1.00 e. The molecule has 0 saturated heterocycles. The van der Waals surface area contributed by atoms with E-state index in [1.54, 1.807) is 6.92 Å². The molecule has 0 aromatic rings. The summed E-state index contributed by atoms with van der Waals surface area (Å²) in [5, 5.41) is 9.64. The Kier molecular flexibility index (Phi) is 7.40. The van der Waals surface area contributed by atoms with Crippen molar-refractivity contribution in [2.24, 2.45) is 0 Å². The third-order valence-electron chi connectivity index (χ3n) is 0.446. The maximum atomic E-state index is 9.64. The van der Waals surface area contributed by atoms with Gasteiger partial charge in [-0.15, -0.1) is 0 Å². The average Bonchev–Trinajstić information content (AvgIpc) is 1.27. The third-order valence-corrected chi connectivity index (χ3v) is 0.446. The van der Waals surface area contributed by atoms with Gasteiger partial charge in [0.1, 0.15) is 0 Å². The van der Waals surface area contributed by atoms with E-state index in [0.29, 0.717) is 5.57 Å². The molecule has 0 atom stereocenters. The summed E-state index contributed by atoms with van der Waals surface area (Å²) in [5.41, 5.74) is 0.625. The first-order valence-corrected chi connectivity index (χ1v) is 1.97. The second kappa shape index (κ2) is 5.35. The molecular formula is C5H7NaO2. The first-order valence-electron chi connectivity index (χ1n) is 1.97. The smallest absolute Gasteiger partial charge is 0.550 e. The molecule has 0 radical (unpaired) electrons. The number of carboxylic acids is 1. The van der Waals surface area contributed by atoms with Gasteiger partial charge >= 0.3 is 29.6 Å². The summed E-state index contributed by atoms with van der Waals surface area (Å²) in [4.78, 5) is 9.64. The van der Waals surface area contributed by atoms with Crippen molar-refractivity contribution in [3.63, 3.8) is 0 Å². The predicted octanol–water partition coefficient (Wildman–Crippen LogP) is -3.29. The molecule has 0 N–H and O–H groups in total. The molecule has 0 rings (SSSR count). The van der Waals surface area contributed by atoms with E-state index >= 15 is 0 Å². The number of hydrogen-bond acceptors (Lipinski definition) is 2. The molecule has 0 aliphatic rings. The second-order valence-electron chi connectivity index (χ2n) is 1.51. The van der Waals surface area contributed by atoms with Crippen LogP contribution in [-0.4, -0.2) is 5.97 Å². The zero-order valence-electron chi connectivity index (χ0n) is 5.23. The molecule has 0 spiro atoms. The molecule has 0 amide bonds. The molecule has 0 aliphatic heterocycles. The Morgan fingerprint density at radius 1 is 1.75 bits per heavy atom. The zero-order chi connectivity index (χ0) is 5.86. The maximum absolute atomic E-state index is 9.64. The van der Waals surface area contributed by atoms with Crippen LogP contribution in [-0.2, 0) is 4.79 Å². The summed E-state index contributed by atoms with van der Waals surface area (Å²) in [7, 11) is 0. The first-order chi connectivity index (χ1) is 3.13. The molecule has 0 aromatic heterocycles. The van der Waals surface area contributed by atoms with Crippen molar-refractivity contribution >= 4 is 5.97 Å². The molecular weight excluding hydrogens is 115 g/mol. The van der Waals surface area contributed by atoms with Crippen molar-refractivity contribution in [1.82, 2.24) is 0 Å². The van der Waals surface area contributed by atoms with Crippen LogP contribution in [0.25, 0.3) is 0 Å². The molecule has 40 valence electrons. The van der Waals surface area contributed by atoms with Crippen LogP contribution in [0.3, 0.4) is 0 Å². The van der Waals surface area contributed by atoms with Crippen LogP contribution in [0.4, 0.5) is 0 Å². The Hall–Kier alpha value is 0.210. The Morgan fingerprint density at radius 2 is 2.12 bits per heavy atom. The van der Waals surface area contributed by atoms with Gasteiger partial charge in [0.15, 0.2) is 0 Å². The third kappa shape index (κ3) is 9.51. The van der Waals surface area contributed by atoms with Crippen LogP contribution in [0.1, 0.15) is 13.3 Å². The first kappa shape index (κ1) is 11.1. The van der Waals surface area contributed by atoms with Gasteiger partial charge < -0.3 is 9.90 Å². The van der Waals surface area contributed by atoms with Gasteiger partial charge in [0.05, 0.1) is 0 Å². The van der Waals surface area contributed by atoms with E-state index in [9.17, 15) is 9.90 Å². The average molecular weight is 122 g/mol. The van der Waals surface area contributed by atoms with E-state index in [2.05, 4.69) is 6.58 Å². The van der Waals surface area contributed by atoms with E-state index in [4.69, 9.17) is 0 Å². The quantitative estimate of drug-likeness (QED) is 0.284. The van der Waals surface area contributed by atoms with Gasteiger partial charge in [0, 0.05) is 12.4 Å². The SMILES string of the molecule is C=C(C)CC(=O)[O-].[Na+]. The van der Waals surface area contributed by atoms with E-state index in [0.717, 1.165) is 0 Å². The van der Waals surface area contributed by atoms with Gasteiger partial charge in [0.2, 0.25) is 0 Å². The van der Waals surface area contributed by atoms with E-state index < -0.39 is 5.97 Å². The molecule has 0 aromatic carbocycles. The second-order valence-corrected chi connectivity index (χ2v) is 1.51. The van der Waals surface area contributed by atoms with Crippen molar-refractivity contribution < 1.29 is 39.5 Å². The summed E-state index contributed by atoms with van der Waals surface area (Å²) >= 11 is 0. The van der Waals surface area contributed by atoms with Gasteiger partial charge in [-0.2, -0.15) is 0 Å². The fraction of sp³-hybridized carbons (Fsp3) is 0.400. The number of carboxylic acid groups (broad SMARTS) is 1. The Labute approximate surface area is 70.9 Å². The number of carbonyl (C=O) groups is 1. The molecule has 0 fully saturated rings. The molecule has 8 heavy (non-hydrogen) atoms. The molecule has 0 unspecified atom stereocenters. The Morgan fingerprint density at radius 3 is 2.12 bits per heavy atom. The van der Waals surface area contributed by atoms with Crippen molar-refractivity contribution in [1.29, 1.82) is 0 Å². The van der Waals surface area contributed by atoms with E-state index in [1.165, 1.54) is 0 Å². The minimum atomic E-state index is -1.06. The number of rotatable bonds is 2. The Bertz CT molecular complexity index is 86.6. The maximum Gasteiger partial charge on any atom is 1.00 e. The monoisotopic (exact) mass is 122 g/mol. The summed E-state index contributed by atoms with van der Waals surface area (Å²) in [6.45, 7) is 5.02. The van der Waals surface area contributed by atoms with Gasteiger partial charge in [-0.25, -0.2) is 0 Å². The van der Waals surface area contributed by atoms with Crippen LogP contribution in [0.5, 0.6) is 0 Å². The van der Waals surface area contributed by atoms with Crippen LogP contribution in [0.15, 0.2) is 12.2 Å². The molecule has 0 aliphatic carbocycles. The van der Waals surface area contributed by atoms with Gasteiger partial charge in [-0.05, 0) is 6.92 Å². The van der Waals surface area contributed by atoms with E-state index in [-0.39, 0.29) is 36.0 Å². The molecule has 0 saturated carbocycles. The summed E-state index contributed by atoms with van der Waals surface area (Å²) in [5.74, 6) is -1.06. The molecule has 0 bridgehead atoms. The molecule has 2 nitrogen and oxygen atoms in total. The van der Waals surface area contributed by atoms with Crippen LogP contribution >= 0.6 is 0 Å². The van der Waals surface area contributed by atoms with Crippen LogP contribution in [0, 0.1) is 0 Å². The zero-order valence-corrected chi connectivity index (χ0v) is 7.23. The minimum Gasteiger partial charge on any atom is -0.550 e. The minimum absolute atomic E-state index is 0. The van der Waals surface area contributed by atoms with Gasteiger partial charge in [-0.3, -0.25) is 0 Å². The fourth-order valence-corrected chi connectivity index (χ4v) is 0.246. The fourth-order valence-electron chi connectivity index (χ4n) is 0.246. The van der Waals surface area contributed by atoms with Gasteiger partial charge in [-0.1, -0.05) is 12.2 Å². The molecule has 0 heterocycles. The summed E-state index contributed by atoms with van der Waals surface area (Å²) in [6, 6.07) is 0. The van der Waals surface area contributed by atoms with Crippen molar-refractivity contribution in [3.8, 4) is 0 Å². The van der Waals surface area contributed by atoms with Crippen LogP contribution < -0.4 is 34.7 Å². The molecule has 3 heteroatoms. The van der Waals surface area contributed by atoms with Crippen molar-refractivity contribution in [2.45, 2.75) is 13.3 Å². The predicted molar refractivity (Wildman–Crippen MR) is 24.4 cm³/mol. The van der Waals surface area contributed by atoms with Crippen LogP contribution in [0.2, 0.25) is 0 Å². The van der Waals surface area contributed by atoms with Crippen molar-refractivity contribution in [2.75, 3.05) is 0 Å². The number of hydrogen-bond donors (Lipinski definition) is 0. The van der Waals surface area contributed by atoms with Crippen molar-refractivity contribution in [3.05, 3.63) is 12.2 Å². The van der Waals surface area contributed by atoms with Gasteiger partial charge in [0.25, 0.3) is 0 Å². The Balaban J connectivity index is 0. The summed E-state index contributed by atoms with van der Waals surface area (Å²) < 4.78 is 0. The summed E-state index contributed by atoms with van der Waals surface area (Å²) in [6.07, 6.45) is -0.0278. The number of aliphatic carboxylic acids is 1. The standard InChI is InChI=1S/C5H8O2.Na/c1-4(2)3-5(6)7;/h1,3H2,2H3,(H,6,7);/q;+1/p-1. The normalized spacial score (nSPS) is 7.12. The topological polar surface area (TPSA) is 40.1 Å².